The minimum atomic E-state index is -0.909. The van der Waals surface area contributed by atoms with Crippen molar-refractivity contribution in [3.63, 3.8) is 0 Å². The highest BCUT2D eigenvalue weighted by Gasteiger charge is 2.37. The van der Waals surface area contributed by atoms with Crippen molar-refractivity contribution in [3.8, 4) is 0 Å². The van der Waals surface area contributed by atoms with Crippen LogP contribution in [0.4, 0.5) is 0 Å². The molecule has 43 heavy (non-hydrogen) atoms. The molecule has 8 nitrogen and oxygen atoms in total. The molecule has 4 rings (SSSR count). The Hall–Kier alpha value is -3.85. The number of amides is 2. The number of hydrogen-bond acceptors (Lipinski definition) is 6. The van der Waals surface area contributed by atoms with E-state index in [2.05, 4.69) is 15.6 Å². The molecule has 4 atom stereocenters. The van der Waals surface area contributed by atoms with Gasteiger partial charge in [-0.3, -0.25) is 19.5 Å². The van der Waals surface area contributed by atoms with Crippen LogP contribution in [0.3, 0.4) is 0 Å². The van der Waals surface area contributed by atoms with E-state index < -0.39 is 23.7 Å². The zero-order chi connectivity index (χ0) is 30.7. The third kappa shape index (κ3) is 10.7. The van der Waals surface area contributed by atoms with Gasteiger partial charge < -0.3 is 20.5 Å². The normalized spacial score (nSPS) is 19.1. The van der Waals surface area contributed by atoms with E-state index >= 15 is 0 Å². The van der Waals surface area contributed by atoms with Gasteiger partial charge in [0, 0.05) is 37.1 Å². The number of aliphatic hydroxyl groups excluding tert-OH is 1. The molecule has 0 aliphatic carbocycles. The predicted molar refractivity (Wildman–Crippen MR) is 169 cm³/mol. The van der Waals surface area contributed by atoms with E-state index in [0.29, 0.717) is 26.0 Å². The lowest BCUT2D eigenvalue weighted by Crippen LogP contribution is -2.59. The van der Waals surface area contributed by atoms with Crippen LogP contribution < -0.4 is 10.6 Å². The Morgan fingerprint density at radius 1 is 1.02 bits per heavy atom. The zero-order valence-electron chi connectivity index (χ0n) is 25.4. The second kappa shape index (κ2) is 15.6. The van der Waals surface area contributed by atoms with Gasteiger partial charge in [0.15, 0.2) is 0 Å². The molecule has 2 heterocycles. The molecule has 8 heteroatoms. The maximum Gasteiger partial charge on any atom is 0.244 e. The third-order valence-electron chi connectivity index (χ3n) is 7.44. The number of β-amino-alcohol motifs (C(OH)–C–C–N with tert-alkyl or cyclic N) is 1. The zero-order valence-corrected chi connectivity index (χ0v) is 25.4. The van der Waals surface area contributed by atoms with E-state index in [1.54, 1.807) is 18.5 Å². The van der Waals surface area contributed by atoms with Crippen molar-refractivity contribution in [2.75, 3.05) is 13.1 Å². The number of rotatable bonds is 12. The van der Waals surface area contributed by atoms with Crippen molar-refractivity contribution in [2.24, 2.45) is 0 Å². The van der Waals surface area contributed by atoms with Gasteiger partial charge >= 0.3 is 0 Å². The number of hydrogen-bond donors (Lipinski definition) is 3. The van der Waals surface area contributed by atoms with Gasteiger partial charge in [0.2, 0.25) is 11.8 Å². The van der Waals surface area contributed by atoms with Crippen molar-refractivity contribution in [1.82, 2.24) is 20.5 Å². The number of pyridine rings is 1. The third-order valence-corrected chi connectivity index (χ3v) is 7.44. The summed E-state index contributed by atoms with van der Waals surface area (Å²) in [6, 6.07) is 22.2. The van der Waals surface area contributed by atoms with Crippen molar-refractivity contribution >= 4 is 17.9 Å². The number of aromatic nitrogens is 1. The summed E-state index contributed by atoms with van der Waals surface area (Å²) in [5.74, 6) is -0.375. The Morgan fingerprint density at radius 3 is 2.37 bits per heavy atom. The number of carbonyl (C=O) groups excluding carboxylic acids is 2. The Labute approximate surface area is 255 Å². The van der Waals surface area contributed by atoms with E-state index in [1.807, 2.05) is 98.5 Å². The lowest BCUT2D eigenvalue weighted by Gasteiger charge is -2.41. The molecular formula is C35H44N4O4. The molecule has 0 saturated carbocycles. The van der Waals surface area contributed by atoms with Gasteiger partial charge in [0.25, 0.3) is 0 Å². The first-order valence-corrected chi connectivity index (χ1v) is 15.0. The highest BCUT2D eigenvalue weighted by Crippen LogP contribution is 2.23. The first kappa shape index (κ1) is 32.1. The molecule has 1 fully saturated rings. The molecule has 228 valence electrons. The maximum atomic E-state index is 13.5. The standard InChI is InChI=1S/C35H44N4O4/c1-35(2,3)38-34(42)31-23-29(43-25-28-16-19-36-20-17-28)18-21-39(31)24-32(40)30(22-27-12-8-5-9-13-27)37-33(41)15-14-26-10-6-4-7-11-26/h4-17,19-20,29-32,40H,18,21-25H2,1-3H3,(H,37,41)(H,38,42). The van der Waals surface area contributed by atoms with Crippen molar-refractivity contribution in [2.45, 2.75) is 76.5 Å². The van der Waals surface area contributed by atoms with Crippen molar-refractivity contribution < 1.29 is 19.4 Å². The van der Waals surface area contributed by atoms with E-state index in [4.69, 9.17) is 4.74 Å². The van der Waals surface area contributed by atoms with Crippen LogP contribution in [0.1, 0.15) is 50.3 Å². The van der Waals surface area contributed by atoms with Gasteiger partial charge in [-0.15, -0.1) is 0 Å². The average Bonchev–Trinajstić information content (AvgIpc) is 3.00. The predicted octanol–water partition coefficient (Wildman–Crippen LogP) is 4.15. The molecule has 1 aromatic heterocycles. The van der Waals surface area contributed by atoms with E-state index in [1.165, 1.54) is 6.08 Å². The number of piperidine rings is 1. The van der Waals surface area contributed by atoms with E-state index in [9.17, 15) is 14.7 Å². The van der Waals surface area contributed by atoms with Crippen LogP contribution in [0.15, 0.2) is 91.3 Å². The van der Waals surface area contributed by atoms with Crippen LogP contribution in [0.2, 0.25) is 0 Å². The van der Waals surface area contributed by atoms with Gasteiger partial charge in [-0.05, 0) is 74.9 Å². The quantitative estimate of drug-likeness (QED) is 0.277. The lowest BCUT2D eigenvalue weighted by atomic mass is 9.95. The van der Waals surface area contributed by atoms with Gasteiger partial charge in [-0.1, -0.05) is 60.7 Å². The Kier molecular flexibility index (Phi) is 11.6. The summed E-state index contributed by atoms with van der Waals surface area (Å²) in [5.41, 5.74) is 2.55. The van der Waals surface area contributed by atoms with Gasteiger partial charge in [-0.2, -0.15) is 0 Å². The largest absolute Gasteiger partial charge is 0.390 e. The smallest absolute Gasteiger partial charge is 0.244 e. The fourth-order valence-corrected chi connectivity index (χ4v) is 5.26. The first-order valence-electron chi connectivity index (χ1n) is 15.0. The first-order chi connectivity index (χ1) is 20.7. The number of nitrogens with one attached hydrogen (secondary N) is 2. The second-order valence-corrected chi connectivity index (χ2v) is 12.2. The van der Waals surface area contributed by atoms with Crippen molar-refractivity contribution in [1.29, 1.82) is 0 Å². The summed E-state index contributed by atoms with van der Waals surface area (Å²) in [6.45, 7) is 7.14. The summed E-state index contributed by atoms with van der Waals surface area (Å²) in [6.07, 6.45) is 7.41. The van der Waals surface area contributed by atoms with Crippen LogP contribution in [-0.4, -0.2) is 69.7 Å². The lowest BCUT2D eigenvalue weighted by molar-refractivity contribution is -0.134. The minimum Gasteiger partial charge on any atom is -0.390 e. The fraction of sp³-hybridized carbons (Fsp3) is 0.400. The number of ether oxygens (including phenoxy) is 1. The topological polar surface area (TPSA) is 104 Å². The molecule has 4 unspecified atom stereocenters. The highest BCUT2D eigenvalue weighted by molar-refractivity contribution is 5.92. The van der Waals surface area contributed by atoms with Gasteiger partial charge in [-0.25, -0.2) is 0 Å². The Morgan fingerprint density at radius 2 is 1.70 bits per heavy atom. The molecule has 0 spiro atoms. The van der Waals surface area contributed by atoms with Crippen LogP contribution in [0.25, 0.3) is 6.08 Å². The maximum absolute atomic E-state index is 13.5. The molecule has 2 aromatic carbocycles. The highest BCUT2D eigenvalue weighted by atomic mass is 16.5. The summed E-state index contributed by atoms with van der Waals surface area (Å²) in [5, 5.41) is 17.7. The molecular weight excluding hydrogens is 540 g/mol. The number of nitrogens with zero attached hydrogens (tertiary/aromatic N) is 2. The Balaban J connectivity index is 1.46. The molecule has 2 amide bonds. The van der Waals surface area contributed by atoms with Gasteiger partial charge in [0.1, 0.15) is 0 Å². The average molecular weight is 585 g/mol. The van der Waals surface area contributed by atoms with Crippen LogP contribution >= 0.6 is 0 Å². The number of carbonyl (C=O) groups is 2. The van der Waals surface area contributed by atoms with Crippen LogP contribution in [-0.2, 0) is 27.4 Å². The Bertz CT molecular complexity index is 1310. The summed E-state index contributed by atoms with van der Waals surface area (Å²) < 4.78 is 6.21. The van der Waals surface area contributed by atoms with E-state index in [0.717, 1.165) is 23.1 Å². The number of likely N-dealkylation sites (tertiary alicyclic amines) is 1. The monoisotopic (exact) mass is 584 g/mol. The number of benzene rings is 2. The van der Waals surface area contributed by atoms with Gasteiger partial charge in [0.05, 0.1) is 30.9 Å². The van der Waals surface area contributed by atoms with E-state index in [-0.39, 0.29) is 24.5 Å². The summed E-state index contributed by atoms with van der Waals surface area (Å²) >= 11 is 0. The van der Waals surface area contributed by atoms with Crippen molar-refractivity contribution in [3.05, 3.63) is 108 Å². The molecule has 1 aliphatic heterocycles. The SMILES string of the molecule is CC(C)(C)NC(=O)C1CC(OCc2ccncc2)CCN1CC(O)C(Cc1ccccc1)NC(=O)C=Cc1ccccc1. The molecule has 1 saturated heterocycles. The summed E-state index contributed by atoms with van der Waals surface area (Å²) in [7, 11) is 0. The minimum absolute atomic E-state index is 0.0913. The number of aliphatic hydroxyl groups is 1. The molecule has 3 aromatic rings. The van der Waals surface area contributed by atoms with Crippen LogP contribution in [0.5, 0.6) is 0 Å². The molecule has 0 bridgehead atoms. The molecule has 0 radical (unpaired) electrons. The fourth-order valence-electron chi connectivity index (χ4n) is 5.26. The molecule has 3 N–H and O–H groups in total. The summed E-state index contributed by atoms with van der Waals surface area (Å²) in [4.78, 5) is 32.6. The second-order valence-electron chi connectivity index (χ2n) is 12.2. The van der Waals surface area contributed by atoms with Crippen LogP contribution in [0, 0.1) is 0 Å². The molecule has 1 aliphatic rings.